The molecule has 12 heavy (non-hydrogen) atoms. The Morgan fingerprint density at radius 1 is 1.50 bits per heavy atom. The third-order valence-electron chi connectivity index (χ3n) is 1.37. The molecule has 0 heterocycles. The first kappa shape index (κ1) is 11.4. The highest BCUT2D eigenvalue weighted by Gasteiger charge is 2.17. The summed E-state index contributed by atoms with van der Waals surface area (Å²) in [5.74, 6) is -0.211. The topological polar surface area (TPSA) is 52.3 Å². The lowest BCUT2D eigenvalue weighted by Gasteiger charge is -2.20. The Balaban J connectivity index is 3.75. The van der Waals surface area contributed by atoms with Gasteiger partial charge in [0, 0.05) is 6.04 Å². The number of esters is 1. The van der Waals surface area contributed by atoms with Gasteiger partial charge in [0.25, 0.3) is 0 Å². The zero-order chi connectivity index (χ0) is 9.78. The SMILES string of the molecule is CC[C@H](N)CC(=O)OC(C)(C)C. The number of hydrogen-bond acceptors (Lipinski definition) is 3. The normalized spacial score (nSPS) is 14.1. The molecule has 0 aromatic heterocycles. The Morgan fingerprint density at radius 3 is 2.33 bits per heavy atom. The van der Waals surface area contributed by atoms with Crippen LogP contribution in [0.1, 0.15) is 40.5 Å². The van der Waals surface area contributed by atoms with Crippen molar-refractivity contribution in [1.82, 2.24) is 0 Å². The second kappa shape index (κ2) is 4.45. The molecule has 0 spiro atoms. The highest BCUT2D eigenvalue weighted by atomic mass is 16.6. The number of carbonyl (C=O) groups excluding carboxylic acids is 1. The number of ether oxygens (including phenoxy) is 1. The minimum atomic E-state index is -0.398. The van der Waals surface area contributed by atoms with Crippen LogP contribution in [0.2, 0.25) is 0 Å². The van der Waals surface area contributed by atoms with Crippen LogP contribution in [0.5, 0.6) is 0 Å². The number of hydrogen-bond donors (Lipinski definition) is 1. The molecular weight excluding hydrogens is 154 g/mol. The highest BCUT2D eigenvalue weighted by molar-refractivity contribution is 5.70. The second-order valence-electron chi connectivity index (χ2n) is 3.96. The predicted molar refractivity (Wildman–Crippen MR) is 48.7 cm³/mol. The molecule has 3 nitrogen and oxygen atoms in total. The average molecular weight is 173 g/mol. The molecule has 0 aliphatic carbocycles. The van der Waals surface area contributed by atoms with Gasteiger partial charge in [-0.3, -0.25) is 4.79 Å². The van der Waals surface area contributed by atoms with E-state index >= 15 is 0 Å². The summed E-state index contributed by atoms with van der Waals surface area (Å²) < 4.78 is 5.09. The van der Waals surface area contributed by atoms with Crippen LogP contribution in [0.3, 0.4) is 0 Å². The van der Waals surface area contributed by atoms with E-state index in [0.29, 0.717) is 6.42 Å². The van der Waals surface area contributed by atoms with E-state index in [-0.39, 0.29) is 12.0 Å². The van der Waals surface area contributed by atoms with Crippen molar-refractivity contribution in [3.63, 3.8) is 0 Å². The zero-order valence-electron chi connectivity index (χ0n) is 8.39. The number of nitrogens with two attached hydrogens (primary N) is 1. The third-order valence-corrected chi connectivity index (χ3v) is 1.37. The quantitative estimate of drug-likeness (QED) is 0.657. The monoisotopic (exact) mass is 173 g/mol. The Hall–Kier alpha value is -0.570. The van der Waals surface area contributed by atoms with Crippen molar-refractivity contribution in [2.24, 2.45) is 5.73 Å². The predicted octanol–water partition coefficient (Wildman–Crippen LogP) is 1.46. The summed E-state index contributed by atoms with van der Waals surface area (Å²) in [6.07, 6.45) is 1.12. The molecule has 0 unspecified atom stereocenters. The maximum atomic E-state index is 11.1. The highest BCUT2D eigenvalue weighted by Crippen LogP contribution is 2.09. The Morgan fingerprint density at radius 2 is 2.00 bits per heavy atom. The van der Waals surface area contributed by atoms with Gasteiger partial charge in [-0.15, -0.1) is 0 Å². The summed E-state index contributed by atoms with van der Waals surface area (Å²) in [6.45, 7) is 7.50. The Labute approximate surface area is 74.3 Å². The first-order chi connectivity index (χ1) is 5.35. The molecule has 0 aliphatic heterocycles. The molecule has 0 saturated heterocycles. The summed E-state index contributed by atoms with van der Waals surface area (Å²) in [4.78, 5) is 11.1. The maximum Gasteiger partial charge on any atom is 0.307 e. The molecule has 0 aliphatic rings. The van der Waals surface area contributed by atoms with Crippen LogP contribution in [0.4, 0.5) is 0 Å². The molecule has 0 fully saturated rings. The lowest BCUT2D eigenvalue weighted by Crippen LogP contribution is -2.29. The molecule has 0 saturated carbocycles. The largest absolute Gasteiger partial charge is 0.460 e. The van der Waals surface area contributed by atoms with Crippen LogP contribution < -0.4 is 5.73 Å². The van der Waals surface area contributed by atoms with Crippen molar-refractivity contribution in [2.75, 3.05) is 0 Å². The summed E-state index contributed by atoms with van der Waals surface area (Å²) in [5, 5.41) is 0. The Bertz CT molecular complexity index is 149. The van der Waals surface area contributed by atoms with Crippen LogP contribution in [-0.2, 0) is 9.53 Å². The average Bonchev–Trinajstić information content (AvgIpc) is 1.82. The Kier molecular flexibility index (Phi) is 4.24. The van der Waals surface area contributed by atoms with Gasteiger partial charge < -0.3 is 10.5 Å². The minimum Gasteiger partial charge on any atom is -0.460 e. The summed E-state index contributed by atoms with van der Waals surface area (Å²) in [7, 11) is 0. The van der Waals surface area contributed by atoms with E-state index in [9.17, 15) is 4.79 Å². The van der Waals surface area contributed by atoms with Gasteiger partial charge in [0.15, 0.2) is 0 Å². The van der Waals surface area contributed by atoms with Crippen molar-refractivity contribution in [3.8, 4) is 0 Å². The molecule has 72 valence electrons. The molecule has 2 N–H and O–H groups in total. The van der Waals surface area contributed by atoms with E-state index in [2.05, 4.69) is 0 Å². The lowest BCUT2D eigenvalue weighted by atomic mass is 10.1. The van der Waals surface area contributed by atoms with E-state index in [1.54, 1.807) is 0 Å². The van der Waals surface area contributed by atoms with Gasteiger partial charge in [-0.1, -0.05) is 6.92 Å². The van der Waals surface area contributed by atoms with Gasteiger partial charge >= 0.3 is 5.97 Å². The fourth-order valence-electron chi connectivity index (χ4n) is 0.742. The minimum absolute atomic E-state index is 0.0696. The molecule has 0 aromatic carbocycles. The van der Waals surface area contributed by atoms with Crippen molar-refractivity contribution in [3.05, 3.63) is 0 Å². The molecule has 0 rings (SSSR count). The molecular formula is C9H19NO2. The summed E-state index contributed by atoms with van der Waals surface area (Å²) in [5.41, 5.74) is 5.19. The fourth-order valence-corrected chi connectivity index (χ4v) is 0.742. The van der Waals surface area contributed by atoms with E-state index < -0.39 is 5.60 Å². The zero-order valence-corrected chi connectivity index (χ0v) is 8.39. The fraction of sp³-hybridized carbons (Fsp3) is 0.889. The van der Waals surface area contributed by atoms with E-state index in [1.165, 1.54) is 0 Å². The molecule has 1 atom stereocenters. The second-order valence-corrected chi connectivity index (χ2v) is 3.96. The van der Waals surface area contributed by atoms with E-state index in [1.807, 2.05) is 27.7 Å². The van der Waals surface area contributed by atoms with Gasteiger partial charge in [0.1, 0.15) is 5.60 Å². The van der Waals surface area contributed by atoms with Gasteiger partial charge in [-0.25, -0.2) is 0 Å². The molecule has 0 radical (unpaired) electrons. The van der Waals surface area contributed by atoms with Crippen molar-refractivity contribution in [2.45, 2.75) is 52.2 Å². The summed E-state index contributed by atoms with van der Waals surface area (Å²) >= 11 is 0. The lowest BCUT2D eigenvalue weighted by molar-refractivity contribution is -0.155. The molecule has 0 amide bonds. The molecule has 3 heteroatoms. The van der Waals surface area contributed by atoms with Crippen LogP contribution >= 0.6 is 0 Å². The van der Waals surface area contributed by atoms with Crippen molar-refractivity contribution < 1.29 is 9.53 Å². The van der Waals surface area contributed by atoms with Crippen LogP contribution in [-0.4, -0.2) is 17.6 Å². The first-order valence-electron chi connectivity index (χ1n) is 4.32. The van der Waals surface area contributed by atoms with Crippen molar-refractivity contribution in [1.29, 1.82) is 0 Å². The van der Waals surface area contributed by atoms with Gasteiger partial charge in [-0.2, -0.15) is 0 Å². The van der Waals surface area contributed by atoms with E-state index in [4.69, 9.17) is 10.5 Å². The molecule has 0 bridgehead atoms. The number of rotatable bonds is 3. The van der Waals surface area contributed by atoms with Crippen LogP contribution in [0, 0.1) is 0 Å². The number of carbonyl (C=O) groups is 1. The maximum absolute atomic E-state index is 11.1. The van der Waals surface area contributed by atoms with Gasteiger partial charge in [0.2, 0.25) is 0 Å². The standard InChI is InChI=1S/C9H19NO2/c1-5-7(10)6-8(11)12-9(2,3)4/h7H,5-6,10H2,1-4H3/t7-/m0/s1. The smallest absolute Gasteiger partial charge is 0.307 e. The van der Waals surface area contributed by atoms with Crippen LogP contribution in [0.15, 0.2) is 0 Å². The molecule has 0 aromatic rings. The van der Waals surface area contributed by atoms with Gasteiger partial charge in [-0.05, 0) is 27.2 Å². The van der Waals surface area contributed by atoms with Crippen molar-refractivity contribution >= 4 is 5.97 Å². The van der Waals surface area contributed by atoms with E-state index in [0.717, 1.165) is 6.42 Å². The third kappa shape index (κ3) is 6.16. The van der Waals surface area contributed by atoms with Gasteiger partial charge in [0.05, 0.1) is 6.42 Å². The van der Waals surface area contributed by atoms with Crippen LogP contribution in [0.25, 0.3) is 0 Å². The summed E-state index contributed by atoms with van der Waals surface area (Å²) in [6, 6.07) is -0.0696. The first-order valence-corrected chi connectivity index (χ1v) is 4.32.